The van der Waals surface area contributed by atoms with E-state index in [9.17, 15) is 0 Å². The van der Waals surface area contributed by atoms with E-state index in [0.29, 0.717) is 10.7 Å². The molecule has 0 bridgehead atoms. The standard InChI is InChI=1S/C19H21ClN6O.C5H12O/c1-19(4-5-19)16-17(25-6-8-27-9-7-25)23-14-3-2-12(11-26(14)16)15-13(20)10-22-18(21)24-15;1-3-4-5-6-2/h2-3,10-11H,4-9H2,1H3,(H2,21,22,24);3-5H2,1-2H3. The monoisotopic (exact) mass is 472 g/mol. The molecule has 2 aliphatic rings. The Morgan fingerprint density at radius 2 is 1.97 bits per heavy atom. The third-order valence-electron chi connectivity index (χ3n) is 6.22. The number of fused-ring (bicyclic) bond motifs is 1. The molecule has 0 spiro atoms. The van der Waals surface area contributed by atoms with E-state index in [0.717, 1.165) is 49.9 Å². The summed E-state index contributed by atoms with van der Waals surface area (Å²) in [5.74, 6) is 1.28. The molecule has 3 aromatic heterocycles. The van der Waals surface area contributed by atoms with Gasteiger partial charge in [-0.15, -0.1) is 0 Å². The molecule has 2 N–H and O–H groups in total. The van der Waals surface area contributed by atoms with E-state index in [1.165, 1.54) is 31.4 Å². The normalized spacial score (nSPS) is 17.0. The van der Waals surface area contributed by atoms with Crippen molar-refractivity contribution in [2.24, 2.45) is 0 Å². The van der Waals surface area contributed by atoms with Crippen LogP contribution in [-0.4, -0.2) is 59.4 Å². The molecule has 4 heterocycles. The molecule has 8 nitrogen and oxygen atoms in total. The first-order valence-corrected chi connectivity index (χ1v) is 12.0. The second kappa shape index (κ2) is 10.2. The highest BCUT2D eigenvalue weighted by molar-refractivity contribution is 6.32. The van der Waals surface area contributed by atoms with Gasteiger partial charge in [0.15, 0.2) is 5.82 Å². The average Bonchev–Trinajstić information content (AvgIpc) is 3.45. The number of rotatable bonds is 6. The number of unbranched alkanes of at least 4 members (excludes halogenated alkanes) is 1. The van der Waals surface area contributed by atoms with Crippen LogP contribution in [0.1, 0.15) is 45.2 Å². The third kappa shape index (κ3) is 5.23. The lowest BCUT2D eigenvalue weighted by atomic mass is 10.0. The summed E-state index contributed by atoms with van der Waals surface area (Å²) in [6, 6.07) is 4.00. The Balaban J connectivity index is 0.000000385. The molecular formula is C24H33ClN6O2. The van der Waals surface area contributed by atoms with E-state index in [-0.39, 0.29) is 11.4 Å². The fourth-order valence-corrected chi connectivity index (χ4v) is 4.23. The highest BCUT2D eigenvalue weighted by atomic mass is 35.5. The molecule has 0 aromatic carbocycles. The van der Waals surface area contributed by atoms with Gasteiger partial charge in [-0.05, 0) is 31.4 Å². The topological polar surface area (TPSA) is 90.8 Å². The molecule has 0 radical (unpaired) electrons. The lowest BCUT2D eigenvalue weighted by Crippen LogP contribution is -2.37. The number of methoxy groups -OCH3 is 1. The maximum atomic E-state index is 6.32. The summed E-state index contributed by atoms with van der Waals surface area (Å²) < 4.78 is 12.5. The Labute approximate surface area is 200 Å². The lowest BCUT2D eigenvalue weighted by Gasteiger charge is -2.28. The van der Waals surface area contributed by atoms with Crippen molar-refractivity contribution in [2.45, 2.75) is 44.9 Å². The van der Waals surface area contributed by atoms with E-state index in [4.69, 9.17) is 31.8 Å². The predicted molar refractivity (Wildman–Crippen MR) is 132 cm³/mol. The number of aromatic nitrogens is 4. The second-order valence-corrected chi connectivity index (χ2v) is 9.27. The van der Waals surface area contributed by atoms with Crippen LogP contribution in [0.2, 0.25) is 5.02 Å². The summed E-state index contributed by atoms with van der Waals surface area (Å²) in [5, 5.41) is 0.483. The number of pyridine rings is 1. The summed E-state index contributed by atoms with van der Waals surface area (Å²) in [4.78, 5) is 15.6. The van der Waals surface area contributed by atoms with Crippen molar-refractivity contribution in [1.29, 1.82) is 0 Å². The molecule has 1 aliphatic carbocycles. The lowest BCUT2D eigenvalue weighted by molar-refractivity contribution is 0.122. The summed E-state index contributed by atoms with van der Waals surface area (Å²) >= 11 is 6.32. The molecule has 1 aliphatic heterocycles. The van der Waals surface area contributed by atoms with Gasteiger partial charge in [0.25, 0.3) is 0 Å². The summed E-state index contributed by atoms with van der Waals surface area (Å²) in [6.07, 6.45) is 8.37. The Morgan fingerprint density at radius 3 is 2.61 bits per heavy atom. The van der Waals surface area contributed by atoms with Gasteiger partial charge in [0.2, 0.25) is 5.95 Å². The highest BCUT2D eigenvalue weighted by Crippen LogP contribution is 2.51. The van der Waals surface area contributed by atoms with E-state index in [1.807, 2.05) is 12.1 Å². The van der Waals surface area contributed by atoms with Crippen molar-refractivity contribution in [3.63, 3.8) is 0 Å². The smallest absolute Gasteiger partial charge is 0.220 e. The van der Waals surface area contributed by atoms with Crippen molar-refractivity contribution < 1.29 is 9.47 Å². The molecule has 33 heavy (non-hydrogen) atoms. The van der Waals surface area contributed by atoms with Gasteiger partial charge in [-0.1, -0.05) is 31.9 Å². The number of anilines is 2. The summed E-state index contributed by atoms with van der Waals surface area (Å²) in [5.41, 5.74) is 9.66. The minimum absolute atomic E-state index is 0.153. The van der Waals surface area contributed by atoms with Crippen molar-refractivity contribution in [3.05, 3.63) is 35.2 Å². The maximum Gasteiger partial charge on any atom is 0.220 e. The van der Waals surface area contributed by atoms with Gasteiger partial charge in [-0.3, -0.25) is 0 Å². The third-order valence-corrected chi connectivity index (χ3v) is 6.50. The summed E-state index contributed by atoms with van der Waals surface area (Å²) in [6.45, 7) is 8.59. The zero-order valence-electron chi connectivity index (χ0n) is 19.7. The van der Waals surface area contributed by atoms with Gasteiger partial charge >= 0.3 is 0 Å². The molecule has 1 saturated heterocycles. The average molecular weight is 473 g/mol. The van der Waals surface area contributed by atoms with Crippen LogP contribution in [0.3, 0.4) is 0 Å². The number of hydrogen-bond acceptors (Lipinski definition) is 7. The van der Waals surface area contributed by atoms with E-state index < -0.39 is 0 Å². The number of ether oxygens (including phenoxy) is 2. The number of hydrogen-bond donors (Lipinski definition) is 1. The van der Waals surface area contributed by atoms with Crippen LogP contribution in [0, 0.1) is 0 Å². The maximum absolute atomic E-state index is 6.32. The minimum atomic E-state index is 0.153. The molecule has 9 heteroatoms. The summed E-state index contributed by atoms with van der Waals surface area (Å²) in [7, 11) is 1.73. The molecule has 0 atom stereocenters. The number of nitrogens with zero attached hydrogens (tertiary/aromatic N) is 5. The van der Waals surface area contributed by atoms with Gasteiger partial charge in [0.05, 0.1) is 35.8 Å². The van der Waals surface area contributed by atoms with E-state index in [1.54, 1.807) is 13.3 Å². The highest BCUT2D eigenvalue weighted by Gasteiger charge is 2.45. The zero-order chi connectivity index (χ0) is 23.4. The number of morpholine rings is 1. The van der Waals surface area contributed by atoms with Crippen LogP contribution < -0.4 is 10.6 Å². The van der Waals surface area contributed by atoms with Crippen molar-refractivity contribution in [2.75, 3.05) is 50.7 Å². The van der Waals surface area contributed by atoms with Crippen molar-refractivity contribution >= 4 is 29.0 Å². The second-order valence-electron chi connectivity index (χ2n) is 8.86. The molecule has 0 amide bonds. The Morgan fingerprint density at radius 1 is 1.21 bits per heavy atom. The first-order chi connectivity index (χ1) is 16.0. The number of nitrogen functional groups attached to an aromatic ring is 1. The SMILES string of the molecule is CC1(c2c(N3CCOCC3)nc3ccc(-c4nc(N)ncc4Cl)cn23)CC1.CCCCOC. The predicted octanol–water partition coefficient (Wildman–Crippen LogP) is 4.35. The van der Waals surface area contributed by atoms with Crippen molar-refractivity contribution in [1.82, 2.24) is 19.4 Å². The Bertz CT molecular complexity index is 1090. The first kappa shape index (κ1) is 23.7. The fraction of sp³-hybridized carbons (Fsp3) is 0.542. The fourth-order valence-electron chi connectivity index (χ4n) is 4.02. The molecule has 0 unspecified atom stereocenters. The molecule has 178 valence electrons. The van der Waals surface area contributed by atoms with Gasteiger partial charge in [0.1, 0.15) is 5.65 Å². The molecule has 5 rings (SSSR count). The van der Waals surface area contributed by atoms with Crippen molar-refractivity contribution in [3.8, 4) is 11.3 Å². The molecule has 3 aromatic rings. The van der Waals surface area contributed by atoms with Crippen LogP contribution >= 0.6 is 11.6 Å². The van der Waals surface area contributed by atoms with E-state index >= 15 is 0 Å². The Hall–Kier alpha value is -2.42. The van der Waals surface area contributed by atoms with Crippen LogP contribution in [-0.2, 0) is 14.9 Å². The van der Waals surface area contributed by atoms with E-state index in [2.05, 4.69) is 39.3 Å². The first-order valence-electron chi connectivity index (χ1n) is 11.6. The van der Waals surface area contributed by atoms with Crippen LogP contribution in [0.5, 0.6) is 0 Å². The quantitative estimate of drug-likeness (QED) is 0.533. The number of imidazole rings is 1. The van der Waals surface area contributed by atoms with Gasteiger partial charge < -0.3 is 24.5 Å². The molecule has 1 saturated carbocycles. The number of halogens is 1. The van der Waals surface area contributed by atoms with Gasteiger partial charge in [-0.25, -0.2) is 15.0 Å². The van der Waals surface area contributed by atoms with Gasteiger partial charge in [0, 0.05) is 44.0 Å². The Kier molecular flexibility index (Phi) is 7.36. The van der Waals surface area contributed by atoms with Crippen LogP contribution in [0.15, 0.2) is 24.5 Å². The minimum Gasteiger partial charge on any atom is -0.385 e. The molecular weight excluding hydrogens is 440 g/mol. The number of nitrogens with two attached hydrogens (primary N) is 1. The molecule has 2 fully saturated rings. The van der Waals surface area contributed by atoms with Gasteiger partial charge in [-0.2, -0.15) is 0 Å². The zero-order valence-corrected chi connectivity index (χ0v) is 20.4. The van der Waals surface area contributed by atoms with Crippen LogP contribution in [0.4, 0.5) is 11.8 Å². The largest absolute Gasteiger partial charge is 0.385 e. The van der Waals surface area contributed by atoms with Crippen LogP contribution in [0.25, 0.3) is 16.9 Å².